The van der Waals surface area contributed by atoms with Gasteiger partial charge < -0.3 is 15.2 Å². The topological polar surface area (TPSA) is 44.5 Å². The van der Waals surface area contributed by atoms with E-state index in [0.717, 1.165) is 53.3 Å². The van der Waals surface area contributed by atoms with Gasteiger partial charge in [-0.3, -0.25) is 0 Å². The van der Waals surface area contributed by atoms with Crippen molar-refractivity contribution in [2.24, 2.45) is 0 Å². The second kappa shape index (κ2) is 4.42. The molecule has 0 bridgehead atoms. The van der Waals surface area contributed by atoms with E-state index in [1.807, 2.05) is 12.1 Å². The molecule has 102 valence electrons. The Morgan fingerprint density at radius 3 is 2.30 bits per heavy atom. The minimum Gasteiger partial charge on any atom is -0.492 e. The largest absolute Gasteiger partial charge is 0.492 e. The third-order valence-electron chi connectivity index (χ3n) is 3.94. The summed E-state index contributed by atoms with van der Waals surface area (Å²) in [6.07, 6.45) is 1.85. The van der Waals surface area contributed by atoms with Crippen molar-refractivity contribution in [2.45, 2.75) is 12.8 Å². The van der Waals surface area contributed by atoms with Crippen molar-refractivity contribution in [3.63, 3.8) is 0 Å². The SMILES string of the molecule is Nc1ccc(-c2c3c(c(Br)c4c2OCC4)OCC3)cc1. The molecule has 0 saturated carbocycles. The van der Waals surface area contributed by atoms with Crippen LogP contribution < -0.4 is 15.2 Å². The van der Waals surface area contributed by atoms with E-state index in [1.54, 1.807) is 0 Å². The number of hydrogen-bond acceptors (Lipinski definition) is 3. The molecule has 0 fully saturated rings. The van der Waals surface area contributed by atoms with Gasteiger partial charge in [-0.25, -0.2) is 0 Å². The summed E-state index contributed by atoms with van der Waals surface area (Å²) in [5.74, 6) is 1.99. The zero-order valence-corrected chi connectivity index (χ0v) is 12.5. The number of benzene rings is 2. The maximum atomic E-state index is 5.90. The van der Waals surface area contributed by atoms with Gasteiger partial charge in [0.1, 0.15) is 11.5 Å². The van der Waals surface area contributed by atoms with Crippen molar-refractivity contribution in [3.05, 3.63) is 39.9 Å². The van der Waals surface area contributed by atoms with Gasteiger partial charge in [-0.05, 0) is 33.6 Å². The van der Waals surface area contributed by atoms with Gasteiger partial charge in [0, 0.05) is 35.2 Å². The molecule has 0 unspecified atom stereocenters. The van der Waals surface area contributed by atoms with Crippen LogP contribution in [0.4, 0.5) is 5.69 Å². The van der Waals surface area contributed by atoms with E-state index in [2.05, 4.69) is 28.1 Å². The fraction of sp³-hybridized carbons (Fsp3) is 0.250. The van der Waals surface area contributed by atoms with Crippen molar-refractivity contribution in [1.29, 1.82) is 0 Å². The average Bonchev–Trinajstić information content (AvgIpc) is 3.10. The Bertz CT molecular complexity index is 660. The Hall–Kier alpha value is -1.68. The van der Waals surface area contributed by atoms with E-state index in [-0.39, 0.29) is 0 Å². The van der Waals surface area contributed by atoms with Crippen LogP contribution in [0.1, 0.15) is 11.1 Å². The summed E-state index contributed by atoms with van der Waals surface area (Å²) in [6, 6.07) is 7.97. The number of hydrogen-bond donors (Lipinski definition) is 1. The molecule has 2 N–H and O–H groups in total. The summed E-state index contributed by atoms with van der Waals surface area (Å²) in [5.41, 5.74) is 11.3. The van der Waals surface area contributed by atoms with Gasteiger partial charge in [-0.2, -0.15) is 0 Å². The van der Waals surface area contributed by atoms with E-state index in [4.69, 9.17) is 15.2 Å². The van der Waals surface area contributed by atoms with E-state index < -0.39 is 0 Å². The van der Waals surface area contributed by atoms with Gasteiger partial charge in [0.25, 0.3) is 0 Å². The molecule has 2 aliphatic rings. The van der Waals surface area contributed by atoms with Gasteiger partial charge in [0.2, 0.25) is 0 Å². The number of ether oxygens (including phenoxy) is 2. The normalized spacial score (nSPS) is 15.4. The second-order valence-electron chi connectivity index (χ2n) is 5.12. The highest BCUT2D eigenvalue weighted by atomic mass is 79.9. The maximum Gasteiger partial charge on any atom is 0.137 e. The first-order valence-electron chi connectivity index (χ1n) is 6.74. The van der Waals surface area contributed by atoms with Crippen molar-refractivity contribution < 1.29 is 9.47 Å². The molecule has 0 saturated heterocycles. The van der Waals surface area contributed by atoms with Crippen LogP contribution in [0.2, 0.25) is 0 Å². The highest BCUT2D eigenvalue weighted by Gasteiger charge is 2.30. The summed E-state index contributed by atoms with van der Waals surface area (Å²) in [7, 11) is 0. The lowest BCUT2D eigenvalue weighted by atomic mass is 9.94. The van der Waals surface area contributed by atoms with Gasteiger partial charge in [0.05, 0.1) is 17.7 Å². The Kier molecular flexibility index (Phi) is 2.67. The zero-order chi connectivity index (χ0) is 13.7. The van der Waals surface area contributed by atoms with Crippen LogP contribution in [0.15, 0.2) is 28.7 Å². The van der Waals surface area contributed by atoms with Gasteiger partial charge >= 0.3 is 0 Å². The standard InChI is InChI=1S/C16H14BrNO2/c17-14-12-6-8-19-15(12)13(11-5-7-20-16(11)14)9-1-3-10(18)4-2-9/h1-4H,5-8,18H2. The molecule has 0 atom stereocenters. The van der Waals surface area contributed by atoms with Crippen LogP contribution in [0, 0.1) is 0 Å². The Morgan fingerprint density at radius 2 is 1.55 bits per heavy atom. The summed E-state index contributed by atoms with van der Waals surface area (Å²) in [4.78, 5) is 0. The average molecular weight is 332 g/mol. The number of fused-ring (bicyclic) bond motifs is 2. The quantitative estimate of drug-likeness (QED) is 0.812. The molecule has 0 aliphatic carbocycles. The molecule has 2 aromatic carbocycles. The number of halogens is 1. The summed E-state index contributed by atoms with van der Waals surface area (Å²) < 4.78 is 12.8. The number of nitrogens with two attached hydrogens (primary N) is 1. The lowest BCUT2D eigenvalue weighted by Crippen LogP contribution is -1.94. The van der Waals surface area contributed by atoms with Gasteiger partial charge in [-0.1, -0.05) is 12.1 Å². The first-order chi connectivity index (χ1) is 9.75. The molecule has 2 aliphatic heterocycles. The summed E-state index contributed by atoms with van der Waals surface area (Å²) in [5, 5.41) is 0. The van der Waals surface area contributed by atoms with Crippen molar-refractivity contribution >= 4 is 21.6 Å². The monoisotopic (exact) mass is 331 g/mol. The van der Waals surface area contributed by atoms with Gasteiger partial charge in [-0.15, -0.1) is 0 Å². The van der Waals surface area contributed by atoms with Crippen LogP contribution in [0.25, 0.3) is 11.1 Å². The van der Waals surface area contributed by atoms with Crippen molar-refractivity contribution in [2.75, 3.05) is 18.9 Å². The molecule has 0 aromatic heterocycles. The third kappa shape index (κ3) is 1.64. The lowest BCUT2D eigenvalue weighted by Gasteiger charge is -2.15. The predicted molar refractivity (Wildman–Crippen MR) is 82.4 cm³/mol. The van der Waals surface area contributed by atoms with Crippen LogP contribution in [0.3, 0.4) is 0 Å². The number of nitrogen functional groups attached to an aromatic ring is 1. The Labute approximate surface area is 125 Å². The van der Waals surface area contributed by atoms with Gasteiger partial charge in [0.15, 0.2) is 0 Å². The molecule has 0 radical (unpaired) electrons. The zero-order valence-electron chi connectivity index (χ0n) is 10.9. The molecule has 3 nitrogen and oxygen atoms in total. The number of anilines is 1. The summed E-state index contributed by atoms with van der Waals surface area (Å²) >= 11 is 3.68. The first kappa shape index (κ1) is 12.1. The molecule has 0 amide bonds. The van der Waals surface area contributed by atoms with Crippen LogP contribution >= 0.6 is 15.9 Å². The molecule has 0 spiro atoms. The van der Waals surface area contributed by atoms with E-state index >= 15 is 0 Å². The predicted octanol–water partition coefficient (Wildman–Crippen LogP) is 3.57. The Balaban J connectivity index is 2.02. The Morgan fingerprint density at radius 1 is 0.900 bits per heavy atom. The van der Waals surface area contributed by atoms with E-state index in [9.17, 15) is 0 Å². The van der Waals surface area contributed by atoms with Crippen LogP contribution in [0.5, 0.6) is 11.5 Å². The second-order valence-corrected chi connectivity index (χ2v) is 5.92. The highest BCUT2D eigenvalue weighted by Crippen LogP contribution is 2.51. The van der Waals surface area contributed by atoms with Crippen molar-refractivity contribution in [3.8, 4) is 22.6 Å². The molecular formula is C16H14BrNO2. The van der Waals surface area contributed by atoms with Crippen LogP contribution in [-0.2, 0) is 12.8 Å². The highest BCUT2D eigenvalue weighted by molar-refractivity contribution is 9.10. The summed E-state index contributed by atoms with van der Waals surface area (Å²) in [6.45, 7) is 1.47. The minimum atomic E-state index is 0.735. The smallest absolute Gasteiger partial charge is 0.137 e. The molecule has 2 heterocycles. The fourth-order valence-corrected chi connectivity index (χ4v) is 3.74. The minimum absolute atomic E-state index is 0.735. The molecular weight excluding hydrogens is 318 g/mol. The maximum absolute atomic E-state index is 5.90. The lowest BCUT2D eigenvalue weighted by molar-refractivity contribution is 0.354. The van der Waals surface area contributed by atoms with Crippen molar-refractivity contribution in [1.82, 2.24) is 0 Å². The number of rotatable bonds is 1. The first-order valence-corrected chi connectivity index (χ1v) is 7.53. The van der Waals surface area contributed by atoms with Crippen LogP contribution in [-0.4, -0.2) is 13.2 Å². The van der Waals surface area contributed by atoms with E-state index in [1.165, 1.54) is 16.7 Å². The molecule has 4 heteroatoms. The molecule has 2 aromatic rings. The fourth-order valence-electron chi connectivity index (χ4n) is 3.01. The van der Waals surface area contributed by atoms with E-state index in [0.29, 0.717) is 0 Å². The molecule has 4 rings (SSSR count). The molecule has 20 heavy (non-hydrogen) atoms. The third-order valence-corrected chi connectivity index (χ3v) is 4.78.